The van der Waals surface area contributed by atoms with E-state index in [2.05, 4.69) is 21.2 Å². The molecule has 1 amide bonds. The molecule has 0 unspecified atom stereocenters. The molecule has 0 spiro atoms. The lowest BCUT2D eigenvalue weighted by Crippen LogP contribution is -2.32. The smallest absolute Gasteiger partial charge is 0.258 e. The van der Waals surface area contributed by atoms with Crippen LogP contribution in [0, 0.1) is 0 Å². The van der Waals surface area contributed by atoms with Crippen molar-refractivity contribution in [1.82, 2.24) is 5.32 Å². The van der Waals surface area contributed by atoms with E-state index in [4.69, 9.17) is 25.8 Å². The van der Waals surface area contributed by atoms with Crippen LogP contribution >= 0.6 is 27.5 Å². The molecule has 2 aromatic rings. The molecule has 1 N–H and O–H groups in total. The third-order valence-electron chi connectivity index (χ3n) is 2.99. The molecule has 0 saturated heterocycles. The van der Waals surface area contributed by atoms with Crippen molar-refractivity contribution in [3.05, 3.63) is 52.0 Å². The van der Waals surface area contributed by atoms with E-state index in [9.17, 15) is 4.79 Å². The van der Waals surface area contributed by atoms with Crippen molar-refractivity contribution in [3.63, 3.8) is 0 Å². The molecule has 24 heavy (non-hydrogen) atoms. The molecule has 0 aliphatic heterocycles. The van der Waals surface area contributed by atoms with E-state index in [0.717, 1.165) is 10.2 Å². The molecular formula is C17H17BrClNO4. The summed E-state index contributed by atoms with van der Waals surface area (Å²) in [5.41, 5.74) is 0. The fourth-order valence-corrected chi connectivity index (χ4v) is 2.56. The Hall–Kier alpha value is -1.92. The van der Waals surface area contributed by atoms with Gasteiger partial charge in [-0.2, -0.15) is 0 Å². The monoisotopic (exact) mass is 413 g/mol. The number of methoxy groups -OCH3 is 1. The number of ether oxygens (including phenoxy) is 3. The number of benzene rings is 2. The Labute approximate surface area is 154 Å². The molecule has 128 valence electrons. The molecule has 2 rings (SSSR count). The molecule has 0 radical (unpaired) electrons. The van der Waals surface area contributed by atoms with Crippen LogP contribution in [0.2, 0.25) is 5.02 Å². The summed E-state index contributed by atoms with van der Waals surface area (Å²) in [5, 5.41) is 3.15. The first-order chi connectivity index (χ1) is 11.6. The van der Waals surface area contributed by atoms with Gasteiger partial charge in [-0.3, -0.25) is 4.79 Å². The van der Waals surface area contributed by atoms with Crippen LogP contribution in [0.5, 0.6) is 17.2 Å². The highest BCUT2D eigenvalue weighted by molar-refractivity contribution is 9.10. The topological polar surface area (TPSA) is 56.8 Å². The Morgan fingerprint density at radius 2 is 1.96 bits per heavy atom. The summed E-state index contributed by atoms with van der Waals surface area (Å²) in [7, 11) is 1.59. The van der Waals surface area contributed by atoms with E-state index in [1.54, 1.807) is 31.4 Å². The van der Waals surface area contributed by atoms with Gasteiger partial charge in [0.05, 0.1) is 18.7 Å². The molecule has 5 nitrogen and oxygen atoms in total. The largest absolute Gasteiger partial charge is 0.497 e. The second-order valence-electron chi connectivity index (χ2n) is 4.74. The van der Waals surface area contributed by atoms with E-state index in [0.29, 0.717) is 29.7 Å². The van der Waals surface area contributed by atoms with E-state index in [1.165, 1.54) is 0 Å². The molecule has 2 aromatic carbocycles. The first-order valence-corrected chi connectivity index (χ1v) is 8.37. The summed E-state index contributed by atoms with van der Waals surface area (Å²) in [5.74, 6) is 1.61. The summed E-state index contributed by atoms with van der Waals surface area (Å²) in [6, 6.07) is 12.5. The highest BCUT2D eigenvalue weighted by Gasteiger charge is 2.06. The Bertz CT molecular complexity index is 696. The van der Waals surface area contributed by atoms with E-state index < -0.39 is 0 Å². The van der Waals surface area contributed by atoms with Gasteiger partial charge in [0.15, 0.2) is 6.61 Å². The maximum atomic E-state index is 11.7. The number of carbonyl (C=O) groups is 1. The molecular weight excluding hydrogens is 398 g/mol. The first-order valence-electron chi connectivity index (χ1n) is 7.20. The second kappa shape index (κ2) is 9.39. The number of carbonyl (C=O) groups excluding carboxylic acids is 1. The van der Waals surface area contributed by atoms with Gasteiger partial charge in [-0.1, -0.05) is 33.6 Å². The van der Waals surface area contributed by atoms with E-state index in [-0.39, 0.29) is 12.5 Å². The normalized spacial score (nSPS) is 10.1. The van der Waals surface area contributed by atoms with Crippen molar-refractivity contribution in [1.29, 1.82) is 0 Å². The summed E-state index contributed by atoms with van der Waals surface area (Å²) in [6.45, 7) is 0.603. The number of hydrogen-bond donors (Lipinski definition) is 1. The van der Waals surface area contributed by atoms with Gasteiger partial charge >= 0.3 is 0 Å². The van der Waals surface area contributed by atoms with Crippen LogP contribution in [-0.2, 0) is 4.79 Å². The van der Waals surface area contributed by atoms with Crippen molar-refractivity contribution < 1.29 is 19.0 Å². The lowest BCUT2D eigenvalue weighted by molar-refractivity contribution is -0.123. The predicted octanol–water partition coefficient (Wildman–Crippen LogP) is 3.69. The Kier molecular flexibility index (Phi) is 7.21. The highest BCUT2D eigenvalue weighted by atomic mass is 79.9. The van der Waals surface area contributed by atoms with E-state index >= 15 is 0 Å². The molecule has 0 aliphatic rings. The lowest BCUT2D eigenvalue weighted by atomic mass is 10.3. The standard InChI is InChI=1S/C17H17BrClNO4/c1-22-13-3-2-4-14(10-13)23-8-7-20-17(21)11-24-16-6-5-12(18)9-15(16)19/h2-6,9-10H,7-8,11H2,1H3,(H,20,21). The summed E-state index contributed by atoms with van der Waals surface area (Å²) < 4.78 is 16.9. The molecule has 0 bridgehead atoms. The molecule has 7 heteroatoms. The van der Waals surface area contributed by atoms with Crippen LogP contribution in [0.3, 0.4) is 0 Å². The van der Waals surface area contributed by atoms with Crippen LogP contribution in [0.1, 0.15) is 0 Å². The molecule has 0 fully saturated rings. The first kappa shape index (κ1) is 18.4. The zero-order chi connectivity index (χ0) is 17.4. The van der Waals surface area contributed by atoms with Gasteiger partial charge in [-0.25, -0.2) is 0 Å². The molecule has 0 saturated carbocycles. The number of amides is 1. The van der Waals surface area contributed by atoms with Crippen LogP contribution in [0.4, 0.5) is 0 Å². The number of halogens is 2. The van der Waals surface area contributed by atoms with Gasteiger partial charge in [0.2, 0.25) is 0 Å². The average Bonchev–Trinajstić information content (AvgIpc) is 2.58. The zero-order valence-electron chi connectivity index (χ0n) is 13.1. The minimum Gasteiger partial charge on any atom is -0.497 e. The van der Waals surface area contributed by atoms with Crippen LogP contribution < -0.4 is 19.5 Å². The third kappa shape index (κ3) is 5.94. The lowest BCUT2D eigenvalue weighted by Gasteiger charge is -2.10. The number of nitrogens with one attached hydrogen (secondary N) is 1. The molecule has 0 atom stereocenters. The zero-order valence-corrected chi connectivity index (χ0v) is 15.4. The number of rotatable bonds is 8. The Morgan fingerprint density at radius 3 is 2.71 bits per heavy atom. The molecule has 0 aliphatic carbocycles. The van der Waals surface area contributed by atoms with Crippen molar-refractivity contribution >= 4 is 33.4 Å². The van der Waals surface area contributed by atoms with Crippen molar-refractivity contribution in [2.75, 3.05) is 26.9 Å². The summed E-state index contributed by atoms with van der Waals surface area (Å²) >= 11 is 9.32. The minimum atomic E-state index is -0.247. The minimum absolute atomic E-state index is 0.111. The van der Waals surface area contributed by atoms with Gasteiger partial charge in [0.25, 0.3) is 5.91 Å². The fraction of sp³-hybridized carbons (Fsp3) is 0.235. The van der Waals surface area contributed by atoms with Crippen molar-refractivity contribution in [3.8, 4) is 17.2 Å². The van der Waals surface area contributed by atoms with Gasteiger partial charge in [0, 0.05) is 10.5 Å². The van der Waals surface area contributed by atoms with E-state index in [1.807, 2.05) is 18.2 Å². The van der Waals surface area contributed by atoms with Crippen LogP contribution in [0.15, 0.2) is 46.9 Å². The van der Waals surface area contributed by atoms with Crippen molar-refractivity contribution in [2.45, 2.75) is 0 Å². The molecule has 0 aromatic heterocycles. The SMILES string of the molecule is COc1cccc(OCCNC(=O)COc2ccc(Br)cc2Cl)c1. The summed E-state index contributed by atoms with van der Waals surface area (Å²) in [6.07, 6.45) is 0. The maximum Gasteiger partial charge on any atom is 0.258 e. The maximum absolute atomic E-state index is 11.7. The van der Waals surface area contributed by atoms with Crippen molar-refractivity contribution in [2.24, 2.45) is 0 Å². The highest BCUT2D eigenvalue weighted by Crippen LogP contribution is 2.27. The fourth-order valence-electron chi connectivity index (χ4n) is 1.84. The third-order valence-corrected chi connectivity index (χ3v) is 3.78. The van der Waals surface area contributed by atoms with Gasteiger partial charge in [-0.15, -0.1) is 0 Å². The van der Waals surface area contributed by atoms with Crippen LogP contribution in [0.25, 0.3) is 0 Å². The predicted molar refractivity (Wildman–Crippen MR) is 96.1 cm³/mol. The van der Waals surface area contributed by atoms with Crippen LogP contribution in [-0.4, -0.2) is 32.8 Å². The number of hydrogen-bond acceptors (Lipinski definition) is 4. The average molecular weight is 415 g/mol. The quantitative estimate of drug-likeness (QED) is 0.670. The second-order valence-corrected chi connectivity index (χ2v) is 6.06. The summed E-state index contributed by atoms with van der Waals surface area (Å²) in [4.78, 5) is 11.7. The van der Waals surface area contributed by atoms with Gasteiger partial charge in [-0.05, 0) is 30.3 Å². The Balaban J connectivity index is 1.67. The molecule has 0 heterocycles. The van der Waals surface area contributed by atoms with Gasteiger partial charge < -0.3 is 19.5 Å². The Morgan fingerprint density at radius 1 is 1.17 bits per heavy atom. The van der Waals surface area contributed by atoms with Gasteiger partial charge in [0.1, 0.15) is 23.9 Å².